The molecule has 0 unspecified atom stereocenters. The zero-order valence-corrected chi connectivity index (χ0v) is 11.6. The van der Waals surface area contributed by atoms with Gasteiger partial charge in [0.1, 0.15) is 15.9 Å². The van der Waals surface area contributed by atoms with Crippen molar-refractivity contribution < 1.29 is 14.3 Å². The summed E-state index contributed by atoms with van der Waals surface area (Å²) in [6, 6.07) is 2.03. The first-order valence-corrected chi connectivity index (χ1v) is 6.91. The molecule has 1 aliphatic rings. The number of nitrogens with one attached hydrogen (secondary N) is 1. The van der Waals surface area contributed by atoms with Crippen LogP contribution in [0.15, 0.2) is 0 Å². The van der Waals surface area contributed by atoms with E-state index in [0.717, 1.165) is 24.2 Å². The highest BCUT2D eigenvalue weighted by Crippen LogP contribution is 2.36. The third-order valence-corrected chi connectivity index (χ3v) is 4.09. The van der Waals surface area contributed by atoms with Gasteiger partial charge in [0, 0.05) is 5.92 Å². The van der Waals surface area contributed by atoms with E-state index in [0.29, 0.717) is 21.0 Å². The van der Waals surface area contributed by atoms with Crippen LogP contribution in [0.4, 0.5) is 5.00 Å². The van der Waals surface area contributed by atoms with Gasteiger partial charge in [-0.1, -0.05) is 0 Å². The van der Waals surface area contributed by atoms with E-state index in [1.807, 2.05) is 6.07 Å². The first-order valence-electron chi connectivity index (χ1n) is 6.10. The molecule has 1 aliphatic carbocycles. The van der Waals surface area contributed by atoms with Crippen LogP contribution in [-0.4, -0.2) is 18.5 Å². The smallest absolute Gasteiger partial charge is 0.348 e. The maximum Gasteiger partial charge on any atom is 0.348 e. The summed E-state index contributed by atoms with van der Waals surface area (Å²) < 4.78 is 4.94. The Morgan fingerprint density at radius 3 is 2.74 bits per heavy atom. The fraction of sp³-hybridized carbons (Fsp3) is 0.462. The summed E-state index contributed by atoms with van der Waals surface area (Å²) in [5.41, 5.74) is 0.916. The van der Waals surface area contributed by atoms with Crippen LogP contribution in [0.1, 0.15) is 40.6 Å². The van der Waals surface area contributed by atoms with Crippen molar-refractivity contribution in [1.82, 2.24) is 0 Å². The Morgan fingerprint density at radius 2 is 2.21 bits per heavy atom. The van der Waals surface area contributed by atoms with Crippen molar-refractivity contribution in [3.8, 4) is 6.07 Å². The van der Waals surface area contributed by atoms with E-state index in [2.05, 4.69) is 5.32 Å². The minimum atomic E-state index is -0.451. The van der Waals surface area contributed by atoms with E-state index < -0.39 is 5.97 Å². The summed E-state index contributed by atoms with van der Waals surface area (Å²) in [6.45, 7) is 3.69. The molecule has 0 spiro atoms. The molecule has 6 heteroatoms. The summed E-state index contributed by atoms with van der Waals surface area (Å²) in [6.07, 6.45) is 1.78. The number of carbonyl (C=O) groups is 2. The number of amides is 1. The number of nitriles is 1. The first kappa shape index (κ1) is 13.6. The molecular weight excluding hydrogens is 264 g/mol. The molecule has 19 heavy (non-hydrogen) atoms. The molecule has 1 aromatic rings. The van der Waals surface area contributed by atoms with Crippen molar-refractivity contribution in [3.05, 3.63) is 16.0 Å². The fourth-order valence-corrected chi connectivity index (χ4v) is 2.74. The Hall–Kier alpha value is -1.87. The van der Waals surface area contributed by atoms with Gasteiger partial charge in [0.25, 0.3) is 0 Å². The lowest BCUT2D eigenvalue weighted by molar-refractivity contribution is -0.117. The van der Waals surface area contributed by atoms with E-state index >= 15 is 0 Å². The molecule has 0 aromatic carbocycles. The Balaban J connectivity index is 2.27. The molecule has 100 valence electrons. The largest absolute Gasteiger partial charge is 0.462 e. The number of hydrogen-bond acceptors (Lipinski definition) is 5. The molecule has 1 aromatic heterocycles. The molecule has 0 saturated heterocycles. The highest BCUT2D eigenvalue weighted by atomic mass is 32.1. The second-order valence-corrected chi connectivity index (χ2v) is 5.38. The number of hydrogen-bond donors (Lipinski definition) is 1. The van der Waals surface area contributed by atoms with Crippen molar-refractivity contribution in [1.29, 1.82) is 5.26 Å². The highest BCUT2D eigenvalue weighted by molar-refractivity contribution is 7.18. The number of anilines is 1. The van der Waals surface area contributed by atoms with Gasteiger partial charge in [-0.3, -0.25) is 4.79 Å². The van der Waals surface area contributed by atoms with Crippen molar-refractivity contribution in [2.24, 2.45) is 5.92 Å². The lowest BCUT2D eigenvalue weighted by Crippen LogP contribution is -2.12. The summed E-state index contributed by atoms with van der Waals surface area (Å²) in [5, 5.41) is 12.3. The van der Waals surface area contributed by atoms with E-state index in [1.54, 1.807) is 13.8 Å². The number of esters is 1. The maximum absolute atomic E-state index is 11.7. The number of thiophene rings is 1. The summed E-state index contributed by atoms with van der Waals surface area (Å²) in [4.78, 5) is 23.9. The fourth-order valence-electron chi connectivity index (χ4n) is 1.69. The summed E-state index contributed by atoms with van der Waals surface area (Å²) >= 11 is 1.10. The highest BCUT2D eigenvalue weighted by Gasteiger charge is 2.31. The van der Waals surface area contributed by atoms with Crippen molar-refractivity contribution in [3.63, 3.8) is 0 Å². The predicted octanol–water partition coefficient (Wildman–Crippen LogP) is 2.45. The second kappa shape index (κ2) is 5.41. The number of ether oxygens (including phenoxy) is 1. The average Bonchev–Trinajstić information content (AvgIpc) is 3.16. The van der Waals surface area contributed by atoms with Crippen molar-refractivity contribution in [2.45, 2.75) is 26.7 Å². The third kappa shape index (κ3) is 2.76. The SMILES string of the molecule is CCOC(=O)c1sc(NC(=O)C2CC2)c(C#N)c1C. The van der Waals surface area contributed by atoms with Crippen LogP contribution >= 0.6 is 11.3 Å². The van der Waals surface area contributed by atoms with Gasteiger partial charge in [-0.05, 0) is 32.3 Å². The molecule has 5 nitrogen and oxygen atoms in total. The summed E-state index contributed by atoms with van der Waals surface area (Å²) in [7, 11) is 0. The molecule has 0 atom stereocenters. The van der Waals surface area contributed by atoms with Gasteiger partial charge in [-0.25, -0.2) is 4.79 Å². The Labute approximate surface area is 115 Å². The van der Waals surface area contributed by atoms with E-state index in [9.17, 15) is 9.59 Å². The molecule has 1 amide bonds. The van der Waals surface area contributed by atoms with Crippen molar-refractivity contribution >= 4 is 28.2 Å². The molecule has 0 radical (unpaired) electrons. The van der Waals surface area contributed by atoms with Crippen LogP contribution < -0.4 is 5.32 Å². The van der Waals surface area contributed by atoms with Gasteiger partial charge < -0.3 is 10.1 Å². The van der Waals surface area contributed by atoms with Crippen LogP contribution in [0.5, 0.6) is 0 Å². The lowest BCUT2D eigenvalue weighted by atomic mass is 10.2. The average molecular weight is 278 g/mol. The molecular formula is C13H14N2O3S. The molecule has 1 heterocycles. The quantitative estimate of drug-likeness (QED) is 0.858. The number of nitrogens with zero attached hydrogens (tertiary/aromatic N) is 1. The van der Waals surface area contributed by atoms with Crippen LogP contribution in [0.2, 0.25) is 0 Å². The minimum Gasteiger partial charge on any atom is -0.462 e. The maximum atomic E-state index is 11.7. The molecule has 2 rings (SSSR count). The predicted molar refractivity (Wildman–Crippen MR) is 71.1 cm³/mol. The Kier molecular flexibility index (Phi) is 3.86. The topological polar surface area (TPSA) is 79.2 Å². The van der Waals surface area contributed by atoms with E-state index in [1.165, 1.54) is 0 Å². The van der Waals surface area contributed by atoms with Gasteiger partial charge in [-0.15, -0.1) is 11.3 Å². The number of rotatable bonds is 4. The minimum absolute atomic E-state index is 0.0555. The van der Waals surface area contributed by atoms with Crippen LogP contribution in [0.25, 0.3) is 0 Å². The monoisotopic (exact) mass is 278 g/mol. The molecule has 1 fully saturated rings. The molecule has 0 bridgehead atoms. The zero-order valence-electron chi connectivity index (χ0n) is 10.8. The van der Waals surface area contributed by atoms with Gasteiger partial charge >= 0.3 is 5.97 Å². The van der Waals surface area contributed by atoms with Crippen LogP contribution in [0.3, 0.4) is 0 Å². The van der Waals surface area contributed by atoms with Crippen LogP contribution in [-0.2, 0) is 9.53 Å². The van der Waals surface area contributed by atoms with Crippen molar-refractivity contribution in [2.75, 3.05) is 11.9 Å². The first-order chi connectivity index (χ1) is 9.08. The van der Waals surface area contributed by atoms with Gasteiger partial charge in [-0.2, -0.15) is 5.26 Å². The van der Waals surface area contributed by atoms with E-state index in [4.69, 9.17) is 10.00 Å². The lowest BCUT2D eigenvalue weighted by Gasteiger charge is -2.00. The molecule has 1 saturated carbocycles. The standard InChI is InChI=1S/C13H14N2O3S/c1-3-18-13(17)10-7(2)9(6-14)12(19-10)15-11(16)8-4-5-8/h8H,3-5H2,1-2H3,(H,15,16). The van der Waals surface area contributed by atoms with Gasteiger partial charge in [0.15, 0.2) is 0 Å². The van der Waals surface area contributed by atoms with Gasteiger partial charge in [0.05, 0.1) is 12.2 Å². The Morgan fingerprint density at radius 1 is 1.53 bits per heavy atom. The molecule has 1 N–H and O–H groups in total. The van der Waals surface area contributed by atoms with Crippen LogP contribution in [0, 0.1) is 24.2 Å². The number of carbonyl (C=O) groups excluding carboxylic acids is 2. The summed E-state index contributed by atoms with van der Waals surface area (Å²) in [5.74, 6) is -0.471. The van der Waals surface area contributed by atoms with Gasteiger partial charge in [0.2, 0.25) is 5.91 Å². The normalized spacial score (nSPS) is 13.7. The Bertz CT molecular complexity index is 567. The van der Waals surface area contributed by atoms with E-state index in [-0.39, 0.29) is 18.4 Å². The third-order valence-electron chi connectivity index (χ3n) is 2.90. The molecule has 0 aliphatic heterocycles. The zero-order chi connectivity index (χ0) is 14.0. The second-order valence-electron chi connectivity index (χ2n) is 4.36.